The first kappa shape index (κ1) is 12.6. The van der Waals surface area contributed by atoms with Gasteiger partial charge in [-0.25, -0.2) is 4.79 Å². The van der Waals surface area contributed by atoms with Gasteiger partial charge in [0.15, 0.2) is 6.10 Å². The van der Waals surface area contributed by atoms with Crippen molar-refractivity contribution >= 4 is 5.97 Å². The highest BCUT2D eigenvalue weighted by Crippen LogP contribution is 2.15. The highest BCUT2D eigenvalue weighted by molar-refractivity contribution is 5.75. The molecule has 1 rings (SSSR count). The minimum absolute atomic E-state index is 0.134. The van der Waals surface area contributed by atoms with Crippen LogP contribution >= 0.6 is 0 Å². The molecular formula is C10H13NO5. The standard InChI is InChI=1S/C10H13NO5/c1-16-10(15)9(14)8(13)7-3-2-6(5-12)4-11-7/h2-4,8-9,12-14H,5H2,1H3. The summed E-state index contributed by atoms with van der Waals surface area (Å²) < 4.78 is 4.28. The van der Waals surface area contributed by atoms with Gasteiger partial charge in [-0.1, -0.05) is 6.07 Å². The van der Waals surface area contributed by atoms with E-state index in [1.807, 2.05) is 0 Å². The summed E-state index contributed by atoms with van der Waals surface area (Å²) in [7, 11) is 1.11. The number of aromatic nitrogens is 1. The highest BCUT2D eigenvalue weighted by atomic mass is 16.5. The largest absolute Gasteiger partial charge is 0.467 e. The van der Waals surface area contributed by atoms with Crippen molar-refractivity contribution in [1.82, 2.24) is 4.98 Å². The van der Waals surface area contributed by atoms with Crippen LogP contribution in [0.25, 0.3) is 0 Å². The van der Waals surface area contributed by atoms with Gasteiger partial charge in [0.05, 0.1) is 19.4 Å². The van der Waals surface area contributed by atoms with Gasteiger partial charge in [-0.2, -0.15) is 0 Å². The molecule has 6 heteroatoms. The second kappa shape index (κ2) is 5.55. The second-order valence-electron chi connectivity index (χ2n) is 3.16. The number of rotatable bonds is 4. The van der Waals surface area contributed by atoms with Crippen molar-refractivity contribution in [3.05, 3.63) is 29.6 Å². The molecule has 0 radical (unpaired) electrons. The van der Waals surface area contributed by atoms with Crippen LogP contribution in [0.2, 0.25) is 0 Å². The summed E-state index contributed by atoms with van der Waals surface area (Å²) in [5.74, 6) is -0.930. The van der Waals surface area contributed by atoms with Crippen molar-refractivity contribution in [2.24, 2.45) is 0 Å². The molecule has 1 aromatic heterocycles. The Balaban J connectivity index is 2.79. The number of hydrogen-bond donors (Lipinski definition) is 3. The smallest absolute Gasteiger partial charge is 0.337 e. The molecule has 0 saturated heterocycles. The fraction of sp³-hybridized carbons (Fsp3) is 0.400. The van der Waals surface area contributed by atoms with Gasteiger partial charge >= 0.3 is 5.97 Å². The molecule has 0 fully saturated rings. The first-order valence-corrected chi connectivity index (χ1v) is 4.59. The lowest BCUT2D eigenvalue weighted by Crippen LogP contribution is -2.29. The van der Waals surface area contributed by atoms with Crippen LogP contribution in [-0.4, -0.2) is 39.5 Å². The second-order valence-corrected chi connectivity index (χ2v) is 3.16. The molecule has 3 N–H and O–H groups in total. The van der Waals surface area contributed by atoms with Crippen molar-refractivity contribution in [2.75, 3.05) is 7.11 Å². The average molecular weight is 227 g/mol. The van der Waals surface area contributed by atoms with Crippen LogP contribution in [-0.2, 0) is 16.1 Å². The van der Waals surface area contributed by atoms with Crippen LogP contribution in [0.3, 0.4) is 0 Å². The first-order chi connectivity index (χ1) is 7.60. The molecule has 6 nitrogen and oxygen atoms in total. The van der Waals surface area contributed by atoms with E-state index >= 15 is 0 Å². The van der Waals surface area contributed by atoms with Gasteiger partial charge in [-0.15, -0.1) is 0 Å². The van der Waals surface area contributed by atoms with E-state index in [4.69, 9.17) is 5.11 Å². The van der Waals surface area contributed by atoms with Crippen LogP contribution < -0.4 is 0 Å². The monoisotopic (exact) mass is 227 g/mol. The van der Waals surface area contributed by atoms with Gasteiger partial charge in [0.1, 0.15) is 6.10 Å². The SMILES string of the molecule is COC(=O)C(O)C(O)c1ccc(CO)cn1. The normalized spacial score (nSPS) is 14.2. The van der Waals surface area contributed by atoms with Crippen LogP contribution in [0.1, 0.15) is 17.4 Å². The van der Waals surface area contributed by atoms with Gasteiger partial charge in [-0.3, -0.25) is 4.98 Å². The number of nitrogens with zero attached hydrogens (tertiary/aromatic N) is 1. The number of methoxy groups -OCH3 is 1. The zero-order chi connectivity index (χ0) is 12.1. The third-order valence-corrected chi connectivity index (χ3v) is 2.07. The van der Waals surface area contributed by atoms with Crippen LogP contribution in [0.5, 0.6) is 0 Å². The lowest BCUT2D eigenvalue weighted by molar-refractivity contribution is -0.157. The third kappa shape index (κ3) is 2.75. The zero-order valence-electron chi connectivity index (χ0n) is 8.70. The Morgan fingerprint density at radius 3 is 2.62 bits per heavy atom. The van der Waals surface area contributed by atoms with Crippen molar-refractivity contribution in [2.45, 2.75) is 18.8 Å². The van der Waals surface area contributed by atoms with E-state index < -0.39 is 18.2 Å². The maximum absolute atomic E-state index is 10.9. The third-order valence-electron chi connectivity index (χ3n) is 2.07. The number of esters is 1. The summed E-state index contributed by atoms with van der Waals surface area (Å²) in [6, 6.07) is 2.96. The molecule has 16 heavy (non-hydrogen) atoms. The Hall–Kier alpha value is -1.50. The fourth-order valence-corrected chi connectivity index (χ4v) is 1.12. The van der Waals surface area contributed by atoms with E-state index in [9.17, 15) is 15.0 Å². The van der Waals surface area contributed by atoms with Gasteiger partial charge in [0, 0.05) is 6.20 Å². The van der Waals surface area contributed by atoms with E-state index in [0.717, 1.165) is 7.11 Å². The van der Waals surface area contributed by atoms with Crippen molar-refractivity contribution < 1.29 is 24.9 Å². The molecule has 2 unspecified atom stereocenters. The van der Waals surface area contributed by atoms with Crippen LogP contribution in [0.4, 0.5) is 0 Å². The van der Waals surface area contributed by atoms with Gasteiger partial charge < -0.3 is 20.1 Å². The molecule has 0 spiro atoms. The topological polar surface area (TPSA) is 99.9 Å². The lowest BCUT2D eigenvalue weighted by Gasteiger charge is -2.15. The Bertz CT molecular complexity index is 351. The summed E-state index contributed by atoms with van der Waals surface area (Å²) in [4.78, 5) is 14.8. The molecule has 0 bridgehead atoms. The number of aliphatic hydroxyl groups is 3. The Kier molecular flexibility index (Phi) is 4.36. The van der Waals surface area contributed by atoms with Crippen LogP contribution in [0.15, 0.2) is 18.3 Å². The Morgan fingerprint density at radius 1 is 1.50 bits per heavy atom. The predicted molar refractivity (Wildman–Crippen MR) is 53.1 cm³/mol. The molecule has 1 aromatic rings. The Morgan fingerprint density at radius 2 is 2.19 bits per heavy atom. The quantitative estimate of drug-likeness (QED) is 0.579. The number of carbonyl (C=O) groups excluding carboxylic acids is 1. The predicted octanol–water partition coefficient (Wildman–Crippen LogP) is -0.859. The summed E-state index contributed by atoms with van der Waals surface area (Å²) in [5, 5.41) is 27.7. The Labute approximate surface area is 92.1 Å². The fourth-order valence-electron chi connectivity index (χ4n) is 1.12. The molecule has 0 amide bonds. The molecular weight excluding hydrogens is 214 g/mol. The van der Waals surface area contributed by atoms with Crippen molar-refractivity contribution in [3.63, 3.8) is 0 Å². The molecule has 0 saturated carbocycles. The minimum atomic E-state index is -1.67. The van der Waals surface area contributed by atoms with Crippen molar-refractivity contribution in [3.8, 4) is 0 Å². The molecule has 0 aromatic carbocycles. The van der Waals surface area contributed by atoms with E-state index in [1.54, 1.807) is 0 Å². The number of aliphatic hydroxyl groups excluding tert-OH is 3. The number of carbonyl (C=O) groups is 1. The summed E-state index contributed by atoms with van der Waals surface area (Å²) >= 11 is 0. The summed E-state index contributed by atoms with van der Waals surface area (Å²) in [5.41, 5.74) is 0.707. The van der Waals surface area contributed by atoms with Crippen LogP contribution in [0, 0.1) is 0 Å². The van der Waals surface area contributed by atoms with Gasteiger partial charge in [0.25, 0.3) is 0 Å². The first-order valence-electron chi connectivity index (χ1n) is 4.59. The van der Waals surface area contributed by atoms with Gasteiger partial charge in [0.2, 0.25) is 0 Å². The number of hydrogen-bond acceptors (Lipinski definition) is 6. The van der Waals surface area contributed by atoms with E-state index in [2.05, 4.69) is 9.72 Å². The van der Waals surface area contributed by atoms with Crippen molar-refractivity contribution in [1.29, 1.82) is 0 Å². The van der Waals surface area contributed by atoms with E-state index in [1.165, 1.54) is 18.3 Å². The zero-order valence-corrected chi connectivity index (χ0v) is 8.70. The van der Waals surface area contributed by atoms with E-state index in [0.29, 0.717) is 5.56 Å². The maximum atomic E-state index is 10.9. The maximum Gasteiger partial charge on any atom is 0.337 e. The minimum Gasteiger partial charge on any atom is -0.467 e. The number of ether oxygens (including phenoxy) is 1. The molecule has 2 atom stereocenters. The molecule has 0 aliphatic heterocycles. The summed E-state index contributed by atoms with van der Waals surface area (Å²) in [6.45, 7) is -0.164. The molecule has 0 aliphatic carbocycles. The average Bonchev–Trinajstić information content (AvgIpc) is 2.36. The highest BCUT2D eigenvalue weighted by Gasteiger charge is 2.27. The van der Waals surface area contributed by atoms with Gasteiger partial charge in [-0.05, 0) is 11.6 Å². The molecule has 88 valence electrons. The number of pyridine rings is 1. The summed E-state index contributed by atoms with van der Waals surface area (Å²) in [6.07, 6.45) is -1.76. The molecule has 1 heterocycles. The van der Waals surface area contributed by atoms with E-state index in [-0.39, 0.29) is 12.3 Å². The molecule has 0 aliphatic rings. The lowest BCUT2D eigenvalue weighted by atomic mass is 10.1.